The number of amides is 2. The Balaban J connectivity index is 2.10. The molecule has 0 atom stereocenters. The number of hydrogen-bond acceptors (Lipinski definition) is 5. The van der Waals surface area contributed by atoms with Crippen molar-refractivity contribution in [3.8, 4) is 0 Å². The largest absolute Gasteiger partial charge is 0.298 e. The number of fused-ring (bicyclic) bond motifs is 1. The maximum Gasteiger partial charge on any atom is 0.265 e. The van der Waals surface area contributed by atoms with Crippen LogP contribution in [0.5, 0.6) is 0 Å². The lowest BCUT2D eigenvalue weighted by molar-refractivity contribution is -0.128. The second-order valence-corrected chi connectivity index (χ2v) is 6.48. The lowest BCUT2D eigenvalue weighted by atomic mass is 10.1. The Morgan fingerprint density at radius 2 is 2.12 bits per heavy atom. The molecule has 1 N–H and O–H groups in total. The van der Waals surface area contributed by atoms with Gasteiger partial charge >= 0.3 is 0 Å². The van der Waals surface area contributed by atoms with Crippen LogP contribution < -0.4 is 5.32 Å². The van der Waals surface area contributed by atoms with Gasteiger partial charge in [0.1, 0.15) is 10.6 Å². The van der Waals surface area contributed by atoms with Gasteiger partial charge in [0.15, 0.2) is 5.11 Å². The zero-order valence-electron chi connectivity index (χ0n) is 13.5. The van der Waals surface area contributed by atoms with Gasteiger partial charge < -0.3 is 0 Å². The number of carbonyl (C=O) groups is 2. The van der Waals surface area contributed by atoms with E-state index in [-0.39, 0.29) is 17.2 Å². The van der Waals surface area contributed by atoms with E-state index in [4.69, 9.17) is 12.2 Å². The van der Waals surface area contributed by atoms with E-state index in [0.717, 1.165) is 21.5 Å². The molecule has 0 radical (unpaired) electrons. The molecule has 3 rings (SSSR count). The van der Waals surface area contributed by atoms with Crippen LogP contribution in [0.15, 0.2) is 53.6 Å². The van der Waals surface area contributed by atoms with Crippen LogP contribution in [0, 0.1) is 0 Å². The molecule has 1 saturated heterocycles. The number of pyridine rings is 1. The van der Waals surface area contributed by atoms with E-state index < -0.39 is 11.8 Å². The van der Waals surface area contributed by atoms with Gasteiger partial charge in [0, 0.05) is 17.5 Å². The lowest BCUT2D eigenvalue weighted by Gasteiger charge is -2.27. The van der Waals surface area contributed by atoms with Crippen LogP contribution in [0.2, 0.25) is 0 Å². The van der Waals surface area contributed by atoms with Crippen molar-refractivity contribution in [3.05, 3.63) is 54.1 Å². The van der Waals surface area contributed by atoms with Crippen molar-refractivity contribution in [1.82, 2.24) is 15.2 Å². The number of benzene rings is 1. The highest BCUT2D eigenvalue weighted by atomic mass is 32.2. The molecule has 2 amide bonds. The van der Waals surface area contributed by atoms with Crippen LogP contribution in [0.25, 0.3) is 17.0 Å². The van der Waals surface area contributed by atoms with E-state index in [1.165, 1.54) is 16.7 Å². The van der Waals surface area contributed by atoms with Gasteiger partial charge in [0.05, 0.1) is 5.52 Å². The van der Waals surface area contributed by atoms with Gasteiger partial charge in [-0.15, -0.1) is 18.3 Å². The molecule has 1 aromatic carbocycles. The Hall–Kier alpha value is -2.51. The monoisotopic (exact) mass is 369 g/mol. The molecular formula is C18H15N3O2S2. The van der Waals surface area contributed by atoms with Gasteiger partial charge in [-0.1, -0.05) is 24.3 Å². The number of thioether (sulfide) groups is 1. The summed E-state index contributed by atoms with van der Waals surface area (Å²) in [6.07, 6.45) is 5.03. The van der Waals surface area contributed by atoms with Crippen molar-refractivity contribution in [2.45, 2.75) is 5.03 Å². The molecule has 1 fully saturated rings. The van der Waals surface area contributed by atoms with Crippen molar-refractivity contribution in [2.24, 2.45) is 0 Å². The predicted octanol–water partition coefficient (Wildman–Crippen LogP) is 2.77. The average Bonchev–Trinajstić information content (AvgIpc) is 2.61. The second kappa shape index (κ2) is 7.16. The predicted molar refractivity (Wildman–Crippen MR) is 104 cm³/mol. The van der Waals surface area contributed by atoms with Gasteiger partial charge in [-0.2, -0.15) is 0 Å². The normalized spacial score (nSPS) is 16.4. The average molecular weight is 369 g/mol. The van der Waals surface area contributed by atoms with Gasteiger partial charge in [0.2, 0.25) is 0 Å². The molecule has 0 unspecified atom stereocenters. The quantitative estimate of drug-likeness (QED) is 0.295. The van der Waals surface area contributed by atoms with Crippen molar-refractivity contribution >= 4 is 57.9 Å². The molecule has 1 aliphatic heterocycles. The van der Waals surface area contributed by atoms with E-state index in [0.29, 0.717) is 0 Å². The van der Waals surface area contributed by atoms with Crippen LogP contribution >= 0.6 is 24.0 Å². The third-order valence-electron chi connectivity index (χ3n) is 3.71. The molecule has 0 spiro atoms. The minimum atomic E-state index is -0.504. The minimum Gasteiger partial charge on any atom is -0.298 e. The van der Waals surface area contributed by atoms with Gasteiger partial charge in [-0.25, -0.2) is 4.98 Å². The fraction of sp³-hybridized carbons (Fsp3) is 0.111. The molecule has 5 nitrogen and oxygen atoms in total. The van der Waals surface area contributed by atoms with Crippen molar-refractivity contribution < 1.29 is 9.59 Å². The smallest absolute Gasteiger partial charge is 0.265 e. The summed E-state index contributed by atoms with van der Waals surface area (Å²) in [6.45, 7) is 3.85. The maximum absolute atomic E-state index is 12.6. The second-order valence-electron chi connectivity index (χ2n) is 5.30. The number of thiocarbonyl (C=S) groups is 1. The summed E-state index contributed by atoms with van der Waals surface area (Å²) in [7, 11) is 0. The lowest BCUT2D eigenvalue weighted by Crippen LogP contribution is -2.53. The topological polar surface area (TPSA) is 62.3 Å². The van der Waals surface area contributed by atoms with Crippen LogP contribution in [-0.2, 0) is 9.59 Å². The highest BCUT2D eigenvalue weighted by molar-refractivity contribution is 7.98. The molecule has 1 aliphatic rings. The van der Waals surface area contributed by atoms with E-state index in [1.54, 1.807) is 12.2 Å². The maximum atomic E-state index is 12.6. The molecule has 2 heterocycles. The summed E-state index contributed by atoms with van der Waals surface area (Å²) < 4.78 is 0. The number of hydrogen-bond donors (Lipinski definition) is 1. The highest BCUT2D eigenvalue weighted by Gasteiger charge is 2.32. The molecule has 0 bridgehead atoms. The number of rotatable bonds is 4. The van der Waals surface area contributed by atoms with E-state index in [2.05, 4.69) is 16.9 Å². The third-order valence-corrected chi connectivity index (χ3v) is 4.74. The van der Waals surface area contributed by atoms with Crippen LogP contribution in [0.4, 0.5) is 0 Å². The SMILES string of the molecule is C=CCN1C(=O)C(=Cc2cc3ccccc3nc2SC)C(=O)NC1=S. The fourth-order valence-corrected chi connectivity index (χ4v) is 3.32. The van der Waals surface area contributed by atoms with Gasteiger partial charge in [0.25, 0.3) is 11.8 Å². The number of nitrogens with one attached hydrogen (secondary N) is 1. The summed E-state index contributed by atoms with van der Waals surface area (Å²) in [5, 5.41) is 4.32. The number of aromatic nitrogens is 1. The molecule has 0 saturated carbocycles. The standard InChI is InChI=1S/C18H15N3O2S2/c1-3-8-21-17(23)13(15(22)20-18(21)24)10-12-9-11-6-4-5-7-14(11)19-16(12)25-2/h3-7,9-10H,1,8H2,2H3,(H,20,22,24). The molecule has 7 heteroatoms. The zero-order chi connectivity index (χ0) is 18.0. The Kier molecular flexibility index (Phi) is 4.96. The van der Waals surface area contributed by atoms with Crippen LogP contribution in [0.3, 0.4) is 0 Å². The fourth-order valence-electron chi connectivity index (χ4n) is 2.53. The van der Waals surface area contributed by atoms with Crippen molar-refractivity contribution in [2.75, 3.05) is 12.8 Å². The van der Waals surface area contributed by atoms with E-state index >= 15 is 0 Å². The highest BCUT2D eigenvalue weighted by Crippen LogP contribution is 2.26. The third kappa shape index (κ3) is 3.33. The molecule has 1 aromatic heterocycles. The Bertz CT molecular complexity index is 937. The first kappa shape index (κ1) is 17.3. The summed E-state index contributed by atoms with van der Waals surface area (Å²) >= 11 is 6.52. The summed E-state index contributed by atoms with van der Waals surface area (Å²) in [4.78, 5) is 30.8. The van der Waals surface area contributed by atoms with Crippen molar-refractivity contribution in [3.63, 3.8) is 0 Å². The summed E-state index contributed by atoms with van der Waals surface area (Å²) in [5.74, 6) is -0.940. The number of para-hydroxylation sites is 1. The van der Waals surface area contributed by atoms with Crippen LogP contribution in [0.1, 0.15) is 5.56 Å². The summed E-state index contributed by atoms with van der Waals surface area (Å²) in [6, 6.07) is 9.63. The van der Waals surface area contributed by atoms with Crippen LogP contribution in [-0.4, -0.2) is 39.6 Å². The van der Waals surface area contributed by atoms with Gasteiger partial charge in [-0.05, 0) is 36.7 Å². The zero-order valence-corrected chi connectivity index (χ0v) is 15.1. The minimum absolute atomic E-state index is 0.0304. The first-order valence-corrected chi connectivity index (χ1v) is 9.12. The number of carbonyl (C=O) groups excluding carboxylic acids is 2. The molecule has 25 heavy (non-hydrogen) atoms. The van der Waals surface area contributed by atoms with Gasteiger partial charge in [-0.3, -0.25) is 19.8 Å². The van der Waals surface area contributed by atoms with Crippen molar-refractivity contribution in [1.29, 1.82) is 0 Å². The summed E-state index contributed by atoms with van der Waals surface area (Å²) in [5.41, 5.74) is 1.61. The Morgan fingerprint density at radius 1 is 1.36 bits per heavy atom. The molecule has 0 aliphatic carbocycles. The first-order valence-electron chi connectivity index (χ1n) is 7.48. The number of nitrogens with zero attached hydrogens (tertiary/aromatic N) is 2. The van der Waals surface area contributed by atoms with E-state index in [9.17, 15) is 9.59 Å². The van der Waals surface area contributed by atoms with E-state index in [1.807, 2.05) is 36.6 Å². The molecule has 2 aromatic rings. The molecule has 126 valence electrons. The Morgan fingerprint density at radius 3 is 2.84 bits per heavy atom. The first-order chi connectivity index (χ1) is 12.0. The Labute approximate surface area is 154 Å². The molecular weight excluding hydrogens is 354 g/mol.